The van der Waals surface area contributed by atoms with Crippen molar-refractivity contribution < 1.29 is 14.7 Å². The first-order valence-corrected chi connectivity index (χ1v) is 4.49. The third-order valence-corrected chi connectivity index (χ3v) is 2.07. The van der Waals surface area contributed by atoms with E-state index in [2.05, 4.69) is 10.6 Å². The second kappa shape index (κ2) is 4.95. The van der Waals surface area contributed by atoms with Crippen LogP contribution in [0.5, 0.6) is 0 Å². The van der Waals surface area contributed by atoms with Crippen LogP contribution in [0.1, 0.15) is 20.8 Å². The van der Waals surface area contributed by atoms with Gasteiger partial charge in [0.1, 0.15) is 0 Å². The number of aliphatic carboxylic acids is 1. The van der Waals surface area contributed by atoms with Gasteiger partial charge in [-0.1, -0.05) is 0 Å². The van der Waals surface area contributed by atoms with E-state index in [1.807, 2.05) is 0 Å². The molecule has 0 spiro atoms. The van der Waals surface area contributed by atoms with E-state index in [0.717, 1.165) is 0 Å². The molecule has 0 heterocycles. The zero-order valence-electron chi connectivity index (χ0n) is 9.05. The Balaban J connectivity index is 4.06. The summed E-state index contributed by atoms with van der Waals surface area (Å²) in [5, 5.41) is 14.2. The highest BCUT2D eigenvalue weighted by molar-refractivity contribution is 5.81. The van der Waals surface area contributed by atoms with Gasteiger partial charge >= 0.3 is 5.97 Å². The first kappa shape index (κ1) is 12.9. The number of hydrogen-bond donors (Lipinski definition) is 3. The molecule has 82 valence electrons. The summed E-state index contributed by atoms with van der Waals surface area (Å²) < 4.78 is 0. The number of likely N-dealkylation sites (N-methyl/N-ethyl adjacent to an activating group) is 1. The quantitative estimate of drug-likeness (QED) is 0.578. The Hall–Kier alpha value is -1.10. The Bertz CT molecular complexity index is 226. The van der Waals surface area contributed by atoms with E-state index < -0.39 is 11.4 Å². The molecule has 0 aliphatic heterocycles. The number of amides is 1. The molecule has 0 radical (unpaired) electrons. The molecule has 0 aromatic rings. The minimum atomic E-state index is -0.880. The van der Waals surface area contributed by atoms with Crippen molar-refractivity contribution in [2.24, 2.45) is 5.41 Å². The molecule has 0 aliphatic rings. The predicted molar refractivity (Wildman–Crippen MR) is 52.9 cm³/mol. The van der Waals surface area contributed by atoms with Crippen molar-refractivity contribution >= 4 is 11.9 Å². The number of nitrogens with one attached hydrogen (secondary N) is 2. The fourth-order valence-corrected chi connectivity index (χ4v) is 0.793. The molecule has 0 fully saturated rings. The maximum absolute atomic E-state index is 11.1. The highest BCUT2D eigenvalue weighted by atomic mass is 16.4. The minimum Gasteiger partial charge on any atom is -0.481 e. The molecule has 0 saturated carbocycles. The molecular weight excluding hydrogens is 184 g/mol. The van der Waals surface area contributed by atoms with Crippen LogP contribution in [0.15, 0.2) is 0 Å². The molecule has 1 atom stereocenters. The van der Waals surface area contributed by atoms with Gasteiger partial charge in [-0.05, 0) is 20.8 Å². The van der Waals surface area contributed by atoms with E-state index in [4.69, 9.17) is 5.11 Å². The lowest BCUT2D eigenvalue weighted by molar-refractivity contribution is -0.146. The van der Waals surface area contributed by atoms with Gasteiger partial charge in [-0.2, -0.15) is 0 Å². The highest BCUT2D eigenvalue weighted by Crippen LogP contribution is 2.13. The second-order valence-corrected chi connectivity index (χ2v) is 3.91. The molecule has 0 aromatic carbocycles. The molecular formula is C9H18N2O3. The summed E-state index contributed by atoms with van der Waals surface area (Å²) in [6.07, 6.45) is 0. The number of carbonyl (C=O) groups is 2. The number of carbonyl (C=O) groups excluding carboxylic acids is 1. The van der Waals surface area contributed by atoms with Gasteiger partial charge in [0.15, 0.2) is 0 Å². The normalized spacial score (nSPS) is 13.4. The summed E-state index contributed by atoms with van der Waals surface area (Å²) in [6.45, 7) is 5.17. The Morgan fingerprint density at radius 1 is 1.43 bits per heavy atom. The van der Waals surface area contributed by atoms with Crippen LogP contribution in [0.2, 0.25) is 0 Å². The number of carboxylic acids is 1. The molecule has 0 aromatic heterocycles. The summed E-state index contributed by atoms with van der Waals surface area (Å²) >= 11 is 0. The van der Waals surface area contributed by atoms with Crippen LogP contribution < -0.4 is 10.6 Å². The predicted octanol–water partition coefficient (Wildman–Crippen LogP) is -0.179. The van der Waals surface area contributed by atoms with Gasteiger partial charge in [-0.25, -0.2) is 0 Å². The molecule has 1 unspecified atom stereocenters. The molecule has 1 amide bonds. The molecule has 3 N–H and O–H groups in total. The summed E-state index contributed by atoms with van der Waals surface area (Å²) in [6, 6.07) is -0.376. The van der Waals surface area contributed by atoms with Crippen molar-refractivity contribution in [2.45, 2.75) is 26.8 Å². The highest BCUT2D eigenvalue weighted by Gasteiger charge is 2.27. The van der Waals surface area contributed by atoms with E-state index in [1.54, 1.807) is 27.8 Å². The smallest absolute Gasteiger partial charge is 0.310 e. The summed E-state index contributed by atoms with van der Waals surface area (Å²) in [5.41, 5.74) is -0.859. The largest absolute Gasteiger partial charge is 0.481 e. The van der Waals surface area contributed by atoms with Gasteiger partial charge in [-0.15, -0.1) is 0 Å². The van der Waals surface area contributed by atoms with Crippen LogP contribution in [-0.2, 0) is 9.59 Å². The molecule has 5 nitrogen and oxygen atoms in total. The van der Waals surface area contributed by atoms with E-state index >= 15 is 0 Å². The van der Waals surface area contributed by atoms with E-state index in [9.17, 15) is 9.59 Å². The lowest BCUT2D eigenvalue weighted by atomic mass is 9.93. The van der Waals surface area contributed by atoms with Gasteiger partial charge in [0.2, 0.25) is 5.91 Å². The maximum Gasteiger partial charge on any atom is 0.310 e. The van der Waals surface area contributed by atoms with Crippen LogP contribution >= 0.6 is 0 Å². The fraction of sp³-hybridized carbons (Fsp3) is 0.778. The SMILES string of the molecule is CNC(=O)C(C)NCC(C)(C)C(=O)O. The number of hydrogen-bond acceptors (Lipinski definition) is 3. The van der Waals surface area contributed by atoms with E-state index in [1.165, 1.54) is 0 Å². The van der Waals surface area contributed by atoms with Crippen LogP contribution in [0.3, 0.4) is 0 Å². The zero-order valence-corrected chi connectivity index (χ0v) is 9.05. The first-order valence-electron chi connectivity index (χ1n) is 4.49. The minimum absolute atomic E-state index is 0.147. The van der Waals surface area contributed by atoms with Crippen LogP contribution in [0, 0.1) is 5.41 Å². The first-order chi connectivity index (χ1) is 6.31. The molecule has 0 rings (SSSR count). The van der Waals surface area contributed by atoms with Gasteiger partial charge < -0.3 is 15.7 Å². The molecule has 5 heteroatoms. The van der Waals surface area contributed by atoms with E-state index in [-0.39, 0.29) is 18.5 Å². The van der Waals surface area contributed by atoms with Crippen LogP contribution in [-0.4, -0.2) is 36.6 Å². The lowest BCUT2D eigenvalue weighted by Crippen LogP contribution is -2.46. The van der Waals surface area contributed by atoms with Crippen molar-refractivity contribution in [1.29, 1.82) is 0 Å². The van der Waals surface area contributed by atoms with Gasteiger partial charge in [0.05, 0.1) is 11.5 Å². The Morgan fingerprint density at radius 3 is 2.29 bits per heavy atom. The van der Waals surface area contributed by atoms with Crippen LogP contribution in [0.4, 0.5) is 0 Å². The molecule has 14 heavy (non-hydrogen) atoms. The number of carboxylic acid groups (broad SMARTS) is 1. The van der Waals surface area contributed by atoms with Crippen molar-refractivity contribution in [3.63, 3.8) is 0 Å². The van der Waals surface area contributed by atoms with Crippen molar-refractivity contribution in [3.8, 4) is 0 Å². The average Bonchev–Trinajstić information content (AvgIpc) is 2.12. The Morgan fingerprint density at radius 2 is 1.93 bits per heavy atom. The molecule has 0 bridgehead atoms. The van der Waals surface area contributed by atoms with Crippen molar-refractivity contribution in [2.75, 3.05) is 13.6 Å². The average molecular weight is 202 g/mol. The van der Waals surface area contributed by atoms with Gasteiger partial charge in [0.25, 0.3) is 0 Å². The molecule has 0 saturated heterocycles. The lowest BCUT2D eigenvalue weighted by Gasteiger charge is -2.22. The fourth-order valence-electron chi connectivity index (χ4n) is 0.793. The standard InChI is InChI=1S/C9H18N2O3/c1-6(7(12)10-4)11-5-9(2,3)8(13)14/h6,11H,5H2,1-4H3,(H,10,12)(H,13,14). The second-order valence-electron chi connectivity index (χ2n) is 3.91. The van der Waals surface area contributed by atoms with E-state index in [0.29, 0.717) is 0 Å². The third kappa shape index (κ3) is 3.74. The topological polar surface area (TPSA) is 78.4 Å². The third-order valence-electron chi connectivity index (χ3n) is 2.07. The summed E-state index contributed by atoms with van der Waals surface area (Å²) in [5.74, 6) is -1.03. The van der Waals surface area contributed by atoms with Crippen molar-refractivity contribution in [1.82, 2.24) is 10.6 Å². The summed E-state index contributed by atoms with van der Waals surface area (Å²) in [4.78, 5) is 21.8. The maximum atomic E-state index is 11.1. The number of rotatable bonds is 5. The van der Waals surface area contributed by atoms with Gasteiger partial charge in [0, 0.05) is 13.6 Å². The summed E-state index contributed by atoms with van der Waals surface area (Å²) in [7, 11) is 1.54. The molecule has 0 aliphatic carbocycles. The van der Waals surface area contributed by atoms with Gasteiger partial charge in [-0.3, -0.25) is 9.59 Å². The monoisotopic (exact) mass is 202 g/mol. The van der Waals surface area contributed by atoms with Crippen LogP contribution in [0.25, 0.3) is 0 Å². The Labute approximate surface area is 83.9 Å². The Kier molecular flexibility index (Phi) is 4.56. The zero-order chi connectivity index (χ0) is 11.4. The van der Waals surface area contributed by atoms with Crippen molar-refractivity contribution in [3.05, 3.63) is 0 Å².